The maximum absolute atomic E-state index is 12.1. The Morgan fingerprint density at radius 1 is 1.44 bits per heavy atom. The molecule has 0 aliphatic carbocycles. The Labute approximate surface area is 112 Å². The average Bonchev–Trinajstić information content (AvgIpc) is 2.71. The molecule has 0 atom stereocenters. The third-order valence-electron chi connectivity index (χ3n) is 2.49. The molecule has 8 heteroatoms. The first-order chi connectivity index (χ1) is 8.53. The summed E-state index contributed by atoms with van der Waals surface area (Å²) in [5, 5.41) is 6.54. The number of aromatic amines is 1. The Kier molecular flexibility index (Phi) is 6.13. The fraction of sp³-hybridized carbons (Fsp3) is 0.700. The van der Waals surface area contributed by atoms with Gasteiger partial charge >= 0.3 is 0 Å². The van der Waals surface area contributed by atoms with E-state index in [2.05, 4.69) is 14.9 Å². The summed E-state index contributed by atoms with van der Waals surface area (Å²) in [5.74, 6) is 1.04. The molecule has 18 heavy (non-hydrogen) atoms. The Hall–Kier alpha value is -0.570. The molecule has 1 aromatic heterocycles. The highest BCUT2D eigenvalue weighted by molar-refractivity contribution is 7.98. The van der Waals surface area contributed by atoms with Crippen LogP contribution in [0.15, 0.2) is 4.90 Å². The molecule has 0 aliphatic rings. The number of unbranched alkanes of at least 4 members (excludes halogenated alkanes) is 1. The van der Waals surface area contributed by atoms with Crippen LogP contribution in [0.3, 0.4) is 0 Å². The van der Waals surface area contributed by atoms with E-state index in [1.165, 1.54) is 0 Å². The first-order valence-corrected chi connectivity index (χ1v) is 8.63. The highest BCUT2D eigenvalue weighted by Gasteiger charge is 2.22. The zero-order valence-electron chi connectivity index (χ0n) is 10.7. The van der Waals surface area contributed by atoms with E-state index >= 15 is 0 Å². The number of hydrogen-bond acceptors (Lipinski definition) is 5. The standard InChI is InChI=1S/C10H20N4O2S2/c1-8-10(9(7-11)14-13-8)18(15,16)12-5-3-4-6-17-2/h12H,3-7,11H2,1-2H3,(H,13,14). The van der Waals surface area contributed by atoms with Crippen molar-refractivity contribution in [3.05, 3.63) is 11.4 Å². The van der Waals surface area contributed by atoms with Gasteiger partial charge in [0.2, 0.25) is 10.0 Å². The second kappa shape index (κ2) is 7.13. The number of aromatic nitrogens is 2. The number of aryl methyl sites for hydroxylation is 1. The van der Waals surface area contributed by atoms with Crippen LogP contribution in [-0.4, -0.2) is 37.2 Å². The number of thioether (sulfide) groups is 1. The molecule has 0 spiro atoms. The van der Waals surface area contributed by atoms with Crippen LogP contribution in [0.4, 0.5) is 0 Å². The third kappa shape index (κ3) is 3.98. The van der Waals surface area contributed by atoms with Crippen LogP contribution in [0, 0.1) is 6.92 Å². The molecule has 4 N–H and O–H groups in total. The number of nitrogens with zero attached hydrogens (tertiary/aromatic N) is 1. The van der Waals surface area contributed by atoms with E-state index < -0.39 is 10.0 Å². The van der Waals surface area contributed by atoms with Gasteiger partial charge in [-0.05, 0) is 31.8 Å². The van der Waals surface area contributed by atoms with E-state index in [1.54, 1.807) is 18.7 Å². The van der Waals surface area contributed by atoms with Gasteiger partial charge in [0.1, 0.15) is 4.90 Å². The lowest BCUT2D eigenvalue weighted by atomic mass is 10.3. The van der Waals surface area contributed by atoms with Gasteiger partial charge in [-0.1, -0.05) is 0 Å². The summed E-state index contributed by atoms with van der Waals surface area (Å²) in [7, 11) is -3.51. The van der Waals surface area contributed by atoms with E-state index in [-0.39, 0.29) is 11.4 Å². The minimum Gasteiger partial charge on any atom is -0.325 e. The van der Waals surface area contributed by atoms with Gasteiger partial charge in [-0.25, -0.2) is 13.1 Å². The fourth-order valence-corrected chi connectivity index (χ4v) is 3.55. The van der Waals surface area contributed by atoms with Crippen molar-refractivity contribution in [2.45, 2.75) is 31.2 Å². The summed E-state index contributed by atoms with van der Waals surface area (Å²) in [5.41, 5.74) is 6.38. The summed E-state index contributed by atoms with van der Waals surface area (Å²) in [4.78, 5) is 0.190. The van der Waals surface area contributed by atoms with Crippen LogP contribution in [0.25, 0.3) is 0 Å². The molecule has 0 saturated heterocycles. The normalized spacial score (nSPS) is 11.9. The van der Waals surface area contributed by atoms with Gasteiger partial charge in [0, 0.05) is 13.1 Å². The topological polar surface area (TPSA) is 101 Å². The molecule has 0 aliphatic heterocycles. The molecule has 0 radical (unpaired) electrons. The molecule has 0 amide bonds. The van der Waals surface area contributed by atoms with Crippen molar-refractivity contribution in [2.24, 2.45) is 5.73 Å². The van der Waals surface area contributed by atoms with Gasteiger partial charge in [-0.3, -0.25) is 5.10 Å². The van der Waals surface area contributed by atoms with Crippen LogP contribution in [-0.2, 0) is 16.6 Å². The van der Waals surface area contributed by atoms with Crippen molar-refractivity contribution in [3.63, 3.8) is 0 Å². The molecule has 0 fully saturated rings. The zero-order chi connectivity index (χ0) is 13.6. The highest BCUT2D eigenvalue weighted by atomic mass is 32.2. The van der Waals surface area contributed by atoms with Crippen molar-refractivity contribution < 1.29 is 8.42 Å². The lowest BCUT2D eigenvalue weighted by Gasteiger charge is -2.07. The average molecular weight is 292 g/mol. The lowest BCUT2D eigenvalue weighted by molar-refractivity contribution is 0.577. The van der Waals surface area contributed by atoms with E-state index in [0.29, 0.717) is 17.9 Å². The predicted molar refractivity (Wildman–Crippen MR) is 74.0 cm³/mol. The molecule has 0 saturated carbocycles. The Balaban J connectivity index is 2.65. The molecule has 0 aromatic carbocycles. The largest absolute Gasteiger partial charge is 0.325 e. The quantitative estimate of drug-likeness (QED) is 0.609. The van der Waals surface area contributed by atoms with Gasteiger partial charge in [0.05, 0.1) is 11.4 Å². The van der Waals surface area contributed by atoms with Crippen molar-refractivity contribution in [2.75, 3.05) is 18.6 Å². The van der Waals surface area contributed by atoms with Crippen LogP contribution < -0.4 is 10.5 Å². The summed E-state index contributed by atoms with van der Waals surface area (Å²) in [6.45, 7) is 2.22. The Morgan fingerprint density at radius 2 is 2.17 bits per heavy atom. The fourth-order valence-electron chi connectivity index (χ4n) is 1.61. The molecular formula is C10H20N4O2S2. The van der Waals surface area contributed by atoms with E-state index in [4.69, 9.17) is 5.73 Å². The molecular weight excluding hydrogens is 272 g/mol. The number of rotatable bonds is 8. The summed E-state index contributed by atoms with van der Waals surface area (Å²) >= 11 is 1.76. The number of H-pyrrole nitrogens is 1. The van der Waals surface area contributed by atoms with Crippen LogP contribution in [0.5, 0.6) is 0 Å². The second-order valence-corrected chi connectivity index (χ2v) is 6.62. The van der Waals surface area contributed by atoms with Gasteiger partial charge in [-0.15, -0.1) is 0 Å². The summed E-state index contributed by atoms with van der Waals surface area (Å²) in [6, 6.07) is 0. The monoisotopic (exact) mass is 292 g/mol. The molecule has 1 rings (SSSR count). The van der Waals surface area contributed by atoms with E-state index in [0.717, 1.165) is 18.6 Å². The first-order valence-electron chi connectivity index (χ1n) is 5.75. The van der Waals surface area contributed by atoms with E-state index in [1.807, 2.05) is 6.26 Å². The minimum absolute atomic E-state index is 0.104. The highest BCUT2D eigenvalue weighted by Crippen LogP contribution is 2.16. The number of sulfonamides is 1. The van der Waals surface area contributed by atoms with Crippen LogP contribution in [0.2, 0.25) is 0 Å². The third-order valence-corrected chi connectivity index (χ3v) is 4.85. The number of hydrogen-bond donors (Lipinski definition) is 3. The second-order valence-electron chi connectivity index (χ2n) is 3.93. The van der Waals surface area contributed by atoms with Gasteiger partial charge in [0.15, 0.2) is 0 Å². The van der Waals surface area contributed by atoms with Gasteiger partial charge in [0.25, 0.3) is 0 Å². The molecule has 1 heterocycles. The number of nitrogens with two attached hydrogens (primary N) is 1. The molecule has 104 valence electrons. The first kappa shape index (κ1) is 15.5. The molecule has 0 bridgehead atoms. The molecule has 6 nitrogen and oxygen atoms in total. The maximum Gasteiger partial charge on any atom is 0.244 e. The summed E-state index contributed by atoms with van der Waals surface area (Å²) < 4.78 is 26.8. The zero-order valence-corrected chi connectivity index (χ0v) is 12.3. The minimum atomic E-state index is -3.51. The smallest absolute Gasteiger partial charge is 0.244 e. The predicted octanol–water partition coefficient (Wildman–Crippen LogP) is 0.598. The molecule has 0 unspecified atom stereocenters. The SMILES string of the molecule is CSCCCCNS(=O)(=O)c1c(CN)n[nH]c1C. The van der Waals surface area contributed by atoms with E-state index in [9.17, 15) is 8.42 Å². The summed E-state index contributed by atoms with van der Waals surface area (Å²) in [6.07, 6.45) is 3.86. The van der Waals surface area contributed by atoms with Gasteiger partial charge in [-0.2, -0.15) is 16.9 Å². The number of nitrogens with one attached hydrogen (secondary N) is 2. The maximum atomic E-state index is 12.1. The van der Waals surface area contributed by atoms with Crippen LogP contribution in [0.1, 0.15) is 24.2 Å². The Bertz CT molecular complexity index is 470. The lowest BCUT2D eigenvalue weighted by Crippen LogP contribution is -2.26. The molecule has 1 aromatic rings. The van der Waals surface area contributed by atoms with Crippen molar-refractivity contribution >= 4 is 21.8 Å². The van der Waals surface area contributed by atoms with Crippen molar-refractivity contribution in [3.8, 4) is 0 Å². The van der Waals surface area contributed by atoms with Gasteiger partial charge < -0.3 is 5.73 Å². The van der Waals surface area contributed by atoms with Crippen LogP contribution >= 0.6 is 11.8 Å². The van der Waals surface area contributed by atoms with Crippen molar-refractivity contribution in [1.29, 1.82) is 0 Å². The Morgan fingerprint density at radius 3 is 2.78 bits per heavy atom. The van der Waals surface area contributed by atoms with Crippen molar-refractivity contribution in [1.82, 2.24) is 14.9 Å².